The van der Waals surface area contributed by atoms with Crippen LogP contribution in [0.5, 0.6) is 0 Å². The summed E-state index contributed by atoms with van der Waals surface area (Å²) in [6.07, 6.45) is -0.372. The summed E-state index contributed by atoms with van der Waals surface area (Å²) in [5.41, 5.74) is 1.53. The van der Waals surface area contributed by atoms with Crippen LogP contribution in [0.4, 0.5) is 23.8 Å². The molecule has 34 heavy (non-hydrogen) atoms. The number of anilines is 1. The predicted molar refractivity (Wildman–Crippen MR) is 119 cm³/mol. The van der Waals surface area contributed by atoms with Gasteiger partial charge in [0.25, 0.3) is 0 Å². The van der Waals surface area contributed by atoms with E-state index in [4.69, 9.17) is 4.42 Å². The van der Waals surface area contributed by atoms with Gasteiger partial charge < -0.3 is 14.6 Å². The van der Waals surface area contributed by atoms with Crippen molar-refractivity contribution in [3.8, 4) is 11.3 Å². The van der Waals surface area contributed by atoms with E-state index in [-0.39, 0.29) is 30.7 Å². The molecule has 2 fully saturated rings. The Balaban J connectivity index is 1.25. The number of carbonyl (C=O) groups excluding carboxylic acids is 1. The van der Waals surface area contributed by atoms with Crippen LogP contribution in [0.1, 0.15) is 38.0 Å². The van der Waals surface area contributed by atoms with Gasteiger partial charge in [-0.2, -0.15) is 13.2 Å². The standard InChI is InChI=1S/C23H25F3N6O2/c1-13-28-12-20(34-13)14-2-5-19-15(8-14)9-21(31-30-19)29-22(33)32-17-3-4-18(32)11-16(10-17)27-7-6-23(24,25)26/h2,5,8-9,12,16-18,27H,3-4,6-7,10-11H2,1H3,(H,29,31,33)/t16?,17-,18+. The van der Waals surface area contributed by atoms with Crippen molar-refractivity contribution in [2.45, 2.75) is 63.3 Å². The topological polar surface area (TPSA) is 96.2 Å². The van der Waals surface area contributed by atoms with Crippen LogP contribution in [-0.2, 0) is 0 Å². The Bertz CT molecular complexity index is 1180. The smallest absolute Gasteiger partial charge is 0.390 e. The Morgan fingerprint density at radius 1 is 1.18 bits per heavy atom. The molecule has 0 spiro atoms. The highest BCUT2D eigenvalue weighted by Gasteiger charge is 2.43. The Hall–Kier alpha value is -3.21. The van der Waals surface area contributed by atoms with Gasteiger partial charge in [0.2, 0.25) is 0 Å². The van der Waals surface area contributed by atoms with Gasteiger partial charge in [-0.1, -0.05) is 0 Å². The zero-order chi connectivity index (χ0) is 23.9. The highest BCUT2D eigenvalue weighted by Crippen LogP contribution is 2.36. The number of amides is 2. The average molecular weight is 474 g/mol. The fraction of sp³-hybridized carbons (Fsp3) is 0.478. The number of piperidine rings is 1. The number of halogens is 3. The maximum absolute atomic E-state index is 13.1. The number of benzene rings is 1. The second-order valence-electron chi connectivity index (χ2n) is 8.96. The number of aryl methyl sites for hydroxylation is 1. The van der Waals surface area contributed by atoms with Gasteiger partial charge in [0.1, 0.15) is 0 Å². The van der Waals surface area contributed by atoms with E-state index < -0.39 is 12.6 Å². The molecular weight excluding hydrogens is 449 g/mol. The third-order valence-corrected chi connectivity index (χ3v) is 6.54. The predicted octanol–water partition coefficient (Wildman–Crippen LogP) is 4.66. The second kappa shape index (κ2) is 8.86. The Morgan fingerprint density at radius 2 is 1.94 bits per heavy atom. The van der Waals surface area contributed by atoms with Crippen molar-refractivity contribution in [3.63, 3.8) is 0 Å². The molecule has 1 aromatic carbocycles. The highest BCUT2D eigenvalue weighted by molar-refractivity contribution is 5.92. The van der Waals surface area contributed by atoms with Gasteiger partial charge in [0.05, 0.1) is 18.1 Å². The fourth-order valence-corrected chi connectivity index (χ4v) is 5.02. The van der Waals surface area contributed by atoms with Gasteiger partial charge in [-0.15, -0.1) is 10.2 Å². The number of alkyl halides is 3. The first-order chi connectivity index (χ1) is 16.2. The minimum Gasteiger partial charge on any atom is -0.441 e. The SMILES string of the molecule is Cc1ncc(-c2ccc3nnc(NC(=O)N4[C@@H]5CC[C@H]4CC(NCCC(F)(F)F)C5)cc3c2)o1. The van der Waals surface area contributed by atoms with Gasteiger partial charge in [-0.05, 0) is 49.9 Å². The molecule has 4 heterocycles. The van der Waals surface area contributed by atoms with Gasteiger partial charge in [-0.3, -0.25) is 5.32 Å². The monoisotopic (exact) mass is 474 g/mol. The molecule has 2 bridgehead atoms. The molecule has 3 aromatic rings. The minimum atomic E-state index is -4.16. The number of nitrogens with zero attached hydrogens (tertiary/aromatic N) is 4. The minimum absolute atomic E-state index is 0.00292. The van der Waals surface area contributed by atoms with Crippen LogP contribution in [0.3, 0.4) is 0 Å². The molecule has 0 radical (unpaired) electrons. The first-order valence-corrected chi connectivity index (χ1v) is 11.3. The molecule has 8 nitrogen and oxygen atoms in total. The Morgan fingerprint density at radius 3 is 2.62 bits per heavy atom. The van der Waals surface area contributed by atoms with Crippen molar-refractivity contribution in [3.05, 3.63) is 36.4 Å². The van der Waals surface area contributed by atoms with Crippen LogP contribution < -0.4 is 10.6 Å². The molecule has 0 saturated carbocycles. The number of fused-ring (bicyclic) bond motifs is 3. The van der Waals surface area contributed by atoms with Gasteiger partial charge in [0, 0.05) is 42.5 Å². The van der Waals surface area contributed by atoms with E-state index in [1.807, 2.05) is 23.1 Å². The number of carbonyl (C=O) groups is 1. The van der Waals surface area contributed by atoms with Gasteiger partial charge >= 0.3 is 12.2 Å². The molecule has 0 aliphatic carbocycles. The van der Waals surface area contributed by atoms with Gasteiger partial charge in [0.15, 0.2) is 17.5 Å². The van der Waals surface area contributed by atoms with Crippen LogP contribution in [-0.4, -0.2) is 57.0 Å². The van der Waals surface area contributed by atoms with E-state index >= 15 is 0 Å². The van der Waals surface area contributed by atoms with Crippen molar-refractivity contribution >= 4 is 22.8 Å². The van der Waals surface area contributed by atoms with E-state index in [0.29, 0.717) is 35.8 Å². The summed E-state index contributed by atoms with van der Waals surface area (Å²) in [5, 5.41) is 15.0. The molecule has 1 unspecified atom stereocenters. The Kier molecular flexibility index (Phi) is 5.88. The van der Waals surface area contributed by atoms with E-state index in [0.717, 1.165) is 23.8 Å². The van der Waals surface area contributed by atoms with E-state index in [9.17, 15) is 18.0 Å². The summed E-state index contributed by atoms with van der Waals surface area (Å²) >= 11 is 0. The van der Waals surface area contributed by atoms with Crippen LogP contribution in [0.25, 0.3) is 22.2 Å². The fourth-order valence-electron chi connectivity index (χ4n) is 5.02. The molecule has 2 aliphatic heterocycles. The molecule has 2 aliphatic rings. The second-order valence-corrected chi connectivity index (χ2v) is 8.96. The molecule has 2 aromatic heterocycles. The van der Waals surface area contributed by atoms with Crippen LogP contribution >= 0.6 is 0 Å². The maximum atomic E-state index is 13.1. The average Bonchev–Trinajstić information content (AvgIpc) is 3.33. The van der Waals surface area contributed by atoms with Crippen molar-refractivity contribution in [1.82, 2.24) is 25.4 Å². The molecule has 11 heteroatoms. The summed E-state index contributed by atoms with van der Waals surface area (Å²) < 4.78 is 42.9. The molecule has 2 amide bonds. The van der Waals surface area contributed by atoms with Crippen LogP contribution in [0.2, 0.25) is 0 Å². The highest BCUT2D eigenvalue weighted by atomic mass is 19.4. The maximum Gasteiger partial charge on any atom is 0.390 e. The summed E-state index contributed by atoms with van der Waals surface area (Å²) in [6.45, 7) is 1.68. The lowest BCUT2D eigenvalue weighted by Gasteiger charge is -2.39. The van der Waals surface area contributed by atoms with Crippen LogP contribution in [0, 0.1) is 6.92 Å². The molecule has 2 N–H and O–H groups in total. The van der Waals surface area contributed by atoms with Crippen molar-refractivity contribution < 1.29 is 22.4 Å². The molecule has 3 atom stereocenters. The Labute approximate surface area is 193 Å². The summed E-state index contributed by atoms with van der Waals surface area (Å²) in [5.74, 6) is 1.56. The third-order valence-electron chi connectivity index (χ3n) is 6.54. The first kappa shape index (κ1) is 22.6. The largest absolute Gasteiger partial charge is 0.441 e. The summed E-state index contributed by atoms with van der Waals surface area (Å²) in [4.78, 5) is 19.0. The third kappa shape index (κ3) is 4.84. The van der Waals surface area contributed by atoms with E-state index in [2.05, 4.69) is 25.8 Å². The number of nitrogens with one attached hydrogen (secondary N) is 2. The molecular formula is C23H25F3N6O2. The summed E-state index contributed by atoms with van der Waals surface area (Å²) in [6, 6.07) is 7.10. The van der Waals surface area contributed by atoms with Crippen molar-refractivity contribution in [2.75, 3.05) is 11.9 Å². The number of urea groups is 1. The number of hydrogen-bond acceptors (Lipinski definition) is 6. The zero-order valence-electron chi connectivity index (χ0n) is 18.6. The van der Waals surface area contributed by atoms with E-state index in [1.165, 1.54) is 0 Å². The first-order valence-electron chi connectivity index (χ1n) is 11.3. The number of rotatable bonds is 5. The summed E-state index contributed by atoms with van der Waals surface area (Å²) in [7, 11) is 0. The number of oxazole rings is 1. The van der Waals surface area contributed by atoms with Crippen LogP contribution in [0.15, 0.2) is 34.9 Å². The quantitative estimate of drug-likeness (QED) is 0.558. The van der Waals surface area contributed by atoms with Crippen molar-refractivity contribution in [1.29, 1.82) is 0 Å². The van der Waals surface area contributed by atoms with E-state index in [1.54, 1.807) is 19.2 Å². The number of aromatic nitrogens is 3. The van der Waals surface area contributed by atoms with Crippen molar-refractivity contribution in [2.24, 2.45) is 0 Å². The lowest BCUT2D eigenvalue weighted by atomic mass is 9.97. The van der Waals surface area contributed by atoms with Gasteiger partial charge in [-0.25, -0.2) is 9.78 Å². The molecule has 2 saturated heterocycles. The zero-order valence-corrected chi connectivity index (χ0v) is 18.6. The molecule has 5 rings (SSSR count). The lowest BCUT2D eigenvalue weighted by Crippen LogP contribution is -2.53. The lowest BCUT2D eigenvalue weighted by molar-refractivity contribution is -0.133. The number of hydrogen-bond donors (Lipinski definition) is 2. The molecule has 180 valence electrons. The normalized spacial score (nSPS) is 22.4.